The van der Waals surface area contributed by atoms with Crippen LogP contribution in [0, 0.1) is 0 Å². The van der Waals surface area contributed by atoms with Crippen molar-refractivity contribution in [3.8, 4) is 5.75 Å². The van der Waals surface area contributed by atoms with Crippen molar-refractivity contribution >= 4 is 5.69 Å². The summed E-state index contributed by atoms with van der Waals surface area (Å²) in [5.74, 6) is -0.180. The van der Waals surface area contributed by atoms with Crippen LogP contribution in [0.25, 0.3) is 0 Å². The lowest BCUT2D eigenvalue weighted by atomic mass is 10.0. The van der Waals surface area contributed by atoms with Crippen LogP contribution in [-0.4, -0.2) is 61.5 Å². The molecule has 0 unspecified atom stereocenters. The van der Waals surface area contributed by atoms with E-state index in [4.69, 9.17) is 0 Å². The van der Waals surface area contributed by atoms with Gasteiger partial charge in [-0.1, -0.05) is 13.5 Å². The van der Waals surface area contributed by atoms with E-state index in [-0.39, 0.29) is 5.75 Å². The second kappa shape index (κ2) is 7.15. The van der Waals surface area contributed by atoms with E-state index in [1.165, 1.54) is 17.8 Å². The molecule has 0 radical (unpaired) electrons. The summed E-state index contributed by atoms with van der Waals surface area (Å²) in [5, 5.41) is 0. The molecule has 2 fully saturated rings. The first-order valence-electron chi connectivity index (χ1n) is 8.63. The van der Waals surface area contributed by atoms with Crippen LogP contribution >= 0.6 is 0 Å². The highest BCUT2D eigenvalue weighted by atomic mass is 19.4. The van der Waals surface area contributed by atoms with Crippen molar-refractivity contribution in [3.05, 3.63) is 36.5 Å². The number of benzene rings is 1. The number of ether oxygens (including phenoxy) is 1. The van der Waals surface area contributed by atoms with Crippen LogP contribution in [0.2, 0.25) is 0 Å². The largest absolute Gasteiger partial charge is 0.573 e. The third kappa shape index (κ3) is 4.39. The van der Waals surface area contributed by atoms with E-state index < -0.39 is 6.36 Å². The maximum atomic E-state index is 12.2. The Morgan fingerprint density at radius 3 is 2.24 bits per heavy atom. The van der Waals surface area contributed by atoms with Crippen LogP contribution in [-0.2, 0) is 0 Å². The second-order valence-electron chi connectivity index (χ2n) is 6.54. The maximum Gasteiger partial charge on any atom is 0.573 e. The lowest BCUT2D eigenvalue weighted by Crippen LogP contribution is -2.62. The summed E-state index contributed by atoms with van der Waals surface area (Å²) in [6, 6.07) is 6.71. The number of rotatable bonds is 5. The van der Waals surface area contributed by atoms with Gasteiger partial charge >= 0.3 is 6.36 Å². The molecule has 0 bridgehead atoms. The smallest absolute Gasteiger partial charge is 0.406 e. The van der Waals surface area contributed by atoms with Gasteiger partial charge in [-0.15, -0.1) is 13.2 Å². The summed E-state index contributed by atoms with van der Waals surface area (Å²) in [5.41, 5.74) is 2.14. The zero-order valence-electron chi connectivity index (χ0n) is 14.4. The number of alkyl halides is 3. The van der Waals surface area contributed by atoms with Gasteiger partial charge in [-0.3, -0.25) is 4.90 Å². The van der Waals surface area contributed by atoms with E-state index >= 15 is 0 Å². The van der Waals surface area contributed by atoms with Gasteiger partial charge in [0.25, 0.3) is 0 Å². The predicted molar refractivity (Wildman–Crippen MR) is 91.7 cm³/mol. The van der Waals surface area contributed by atoms with Crippen LogP contribution in [0.15, 0.2) is 36.5 Å². The summed E-state index contributed by atoms with van der Waals surface area (Å²) in [6.45, 7) is 12.0. The molecule has 25 heavy (non-hydrogen) atoms. The topological polar surface area (TPSA) is 19.0 Å². The van der Waals surface area contributed by atoms with E-state index in [0.29, 0.717) is 6.04 Å². The van der Waals surface area contributed by atoms with Crippen molar-refractivity contribution < 1.29 is 17.9 Å². The molecule has 3 rings (SSSR count). The third-order valence-corrected chi connectivity index (χ3v) is 4.98. The number of likely N-dealkylation sites (tertiary alicyclic amines) is 1. The molecular weight excluding hydrogens is 331 g/mol. The van der Waals surface area contributed by atoms with Crippen molar-refractivity contribution in [2.75, 3.05) is 44.2 Å². The van der Waals surface area contributed by atoms with Crippen molar-refractivity contribution in [3.63, 3.8) is 0 Å². The Morgan fingerprint density at radius 2 is 1.72 bits per heavy atom. The van der Waals surface area contributed by atoms with Gasteiger partial charge in [0.1, 0.15) is 5.75 Å². The molecule has 2 aliphatic heterocycles. The van der Waals surface area contributed by atoms with E-state index in [2.05, 4.69) is 32.9 Å². The standard InChI is InChI=1S/C18H24F3N3O/c1-3-14(2)24-12-16(13-24)23-10-8-22(9-11-23)15-4-6-17(7-5-15)25-18(19,20)21/h4-7,16H,2-3,8-13H2,1H3. The molecule has 2 saturated heterocycles. The van der Waals surface area contributed by atoms with E-state index in [0.717, 1.165) is 51.4 Å². The normalized spacial score (nSPS) is 19.7. The molecule has 1 aromatic carbocycles. The lowest BCUT2D eigenvalue weighted by molar-refractivity contribution is -0.274. The van der Waals surface area contributed by atoms with Crippen LogP contribution in [0.4, 0.5) is 18.9 Å². The van der Waals surface area contributed by atoms with Crippen LogP contribution in [0.3, 0.4) is 0 Å². The summed E-state index contributed by atoms with van der Waals surface area (Å²) in [4.78, 5) is 7.03. The minimum Gasteiger partial charge on any atom is -0.406 e. The van der Waals surface area contributed by atoms with Gasteiger partial charge in [-0.05, 0) is 30.7 Å². The average Bonchev–Trinajstić information content (AvgIpc) is 2.53. The van der Waals surface area contributed by atoms with E-state index in [9.17, 15) is 13.2 Å². The highest BCUT2D eigenvalue weighted by molar-refractivity contribution is 5.49. The van der Waals surface area contributed by atoms with Gasteiger partial charge in [0.15, 0.2) is 0 Å². The number of hydrogen-bond acceptors (Lipinski definition) is 4. The summed E-state index contributed by atoms with van der Waals surface area (Å²) >= 11 is 0. The number of piperazine rings is 1. The summed E-state index contributed by atoms with van der Waals surface area (Å²) in [7, 11) is 0. The molecule has 1 aromatic rings. The van der Waals surface area contributed by atoms with Gasteiger partial charge in [-0.25, -0.2) is 0 Å². The highest BCUT2D eigenvalue weighted by Crippen LogP contribution is 2.27. The molecule has 0 N–H and O–H groups in total. The predicted octanol–water partition coefficient (Wildman–Crippen LogP) is 3.32. The number of nitrogens with zero attached hydrogens (tertiary/aromatic N) is 3. The fourth-order valence-electron chi connectivity index (χ4n) is 3.37. The number of anilines is 1. The number of hydrogen-bond donors (Lipinski definition) is 0. The number of halogens is 3. The summed E-state index contributed by atoms with van der Waals surface area (Å²) in [6.07, 6.45) is -3.65. The van der Waals surface area contributed by atoms with E-state index in [1.54, 1.807) is 12.1 Å². The van der Waals surface area contributed by atoms with Crippen LogP contribution in [0.5, 0.6) is 5.75 Å². The third-order valence-electron chi connectivity index (χ3n) is 4.98. The maximum absolute atomic E-state index is 12.2. The Bertz CT molecular complexity index is 589. The zero-order chi connectivity index (χ0) is 18.0. The Labute approximate surface area is 146 Å². The fraction of sp³-hybridized carbons (Fsp3) is 0.556. The van der Waals surface area contributed by atoms with Crippen molar-refractivity contribution in [2.24, 2.45) is 0 Å². The van der Waals surface area contributed by atoms with Gasteiger partial charge in [0, 0.05) is 56.7 Å². The fourth-order valence-corrected chi connectivity index (χ4v) is 3.37. The molecule has 0 saturated carbocycles. The molecule has 0 atom stereocenters. The molecular formula is C18H24F3N3O. The Hall–Kier alpha value is -1.89. The van der Waals surface area contributed by atoms with Crippen molar-refractivity contribution in [2.45, 2.75) is 25.7 Å². The van der Waals surface area contributed by atoms with Gasteiger partial charge < -0.3 is 14.5 Å². The molecule has 0 amide bonds. The molecule has 0 aliphatic carbocycles. The number of allylic oxidation sites excluding steroid dienone is 1. The Kier molecular flexibility index (Phi) is 5.13. The molecule has 7 heteroatoms. The highest BCUT2D eigenvalue weighted by Gasteiger charge is 2.34. The molecule has 2 aliphatic rings. The first-order valence-corrected chi connectivity index (χ1v) is 8.63. The monoisotopic (exact) mass is 355 g/mol. The first-order chi connectivity index (χ1) is 11.9. The van der Waals surface area contributed by atoms with Crippen LogP contribution < -0.4 is 9.64 Å². The first kappa shape index (κ1) is 17.9. The van der Waals surface area contributed by atoms with Crippen molar-refractivity contribution in [1.82, 2.24) is 9.80 Å². The molecule has 4 nitrogen and oxygen atoms in total. The van der Waals surface area contributed by atoms with Gasteiger partial charge in [0.05, 0.1) is 0 Å². The minimum absolute atomic E-state index is 0.180. The second-order valence-corrected chi connectivity index (χ2v) is 6.54. The van der Waals surface area contributed by atoms with Gasteiger partial charge in [-0.2, -0.15) is 0 Å². The van der Waals surface area contributed by atoms with Crippen molar-refractivity contribution in [1.29, 1.82) is 0 Å². The lowest BCUT2D eigenvalue weighted by Gasteiger charge is -2.50. The molecule has 0 spiro atoms. The quantitative estimate of drug-likeness (QED) is 0.807. The van der Waals surface area contributed by atoms with Crippen LogP contribution in [0.1, 0.15) is 13.3 Å². The molecule has 2 heterocycles. The van der Waals surface area contributed by atoms with E-state index in [1.807, 2.05) is 0 Å². The average molecular weight is 355 g/mol. The Balaban J connectivity index is 1.47. The molecule has 0 aromatic heterocycles. The van der Waals surface area contributed by atoms with Gasteiger partial charge in [0.2, 0.25) is 0 Å². The molecule has 138 valence electrons. The summed E-state index contributed by atoms with van der Waals surface area (Å²) < 4.78 is 40.5. The zero-order valence-corrected chi connectivity index (χ0v) is 14.4. The SMILES string of the molecule is C=C(CC)N1CC(N2CCN(c3ccc(OC(F)(F)F)cc3)CC2)C1. The minimum atomic E-state index is -4.65. The Morgan fingerprint density at radius 1 is 1.12 bits per heavy atom.